The van der Waals surface area contributed by atoms with Crippen molar-refractivity contribution < 1.29 is 13.9 Å². The standard InChI is InChI=1S/C26H19ClN2O3/c27-24-15-20(11-12-22(24)23(16-28)18-7-3-1-4-8-18)29-26(30)25-19(13-14-31-25)17-32-21-9-5-2-6-10-21/h1-15,23H,17H2,(H,29,30). The molecule has 4 aromatic rings. The lowest BCUT2D eigenvalue weighted by molar-refractivity contribution is 0.0993. The van der Waals surface area contributed by atoms with Crippen LogP contribution in [-0.4, -0.2) is 5.91 Å². The van der Waals surface area contributed by atoms with E-state index in [9.17, 15) is 10.1 Å². The Morgan fingerprint density at radius 2 is 1.75 bits per heavy atom. The second-order valence-corrected chi connectivity index (χ2v) is 7.45. The quantitative estimate of drug-likeness (QED) is 0.358. The summed E-state index contributed by atoms with van der Waals surface area (Å²) in [6, 6.07) is 27.8. The van der Waals surface area contributed by atoms with E-state index in [1.54, 1.807) is 24.3 Å². The van der Waals surface area contributed by atoms with Crippen LogP contribution >= 0.6 is 11.6 Å². The Balaban J connectivity index is 1.47. The third-order valence-electron chi connectivity index (χ3n) is 4.92. The molecule has 0 saturated carbocycles. The Bertz CT molecular complexity index is 1250. The first-order valence-corrected chi connectivity index (χ1v) is 10.3. The largest absolute Gasteiger partial charge is 0.489 e. The molecule has 4 rings (SSSR count). The molecule has 158 valence electrons. The lowest BCUT2D eigenvalue weighted by atomic mass is 9.92. The van der Waals surface area contributed by atoms with Gasteiger partial charge in [-0.1, -0.05) is 66.2 Å². The van der Waals surface area contributed by atoms with Crippen molar-refractivity contribution in [3.8, 4) is 11.8 Å². The number of carbonyl (C=O) groups is 1. The number of hydrogen-bond donors (Lipinski definition) is 1. The molecule has 1 unspecified atom stereocenters. The van der Waals surface area contributed by atoms with E-state index in [0.29, 0.717) is 27.6 Å². The van der Waals surface area contributed by atoms with Crippen molar-refractivity contribution in [2.24, 2.45) is 0 Å². The van der Waals surface area contributed by atoms with Gasteiger partial charge in [0, 0.05) is 16.3 Å². The minimum absolute atomic E-state index is 0.167. The van der Waals surface area contributed by atoms with Crippen LogP contribution in [-0.2, 0) is 6.61 Å². The van der Waals surface area contributed by atoms with Crippen LogP contribution in [0.1, 0.15) is 33.2 Å². The molecule has 5 nitrogen and oxygen atoms in total. The van der Waals surface area contributed by atoms with E-state index in [-0.39, 0.29) is 12.4 Å². The average molecular weight is 443 g/mol. The van der Waals surface area contributed by atoms with Gasteiger partial charge >= 0.3 is 0 Å². The van der Waals surface area contributed by atoms with Crippen LogP contribution in [0.3, 0.4) is 0 Å². The lowest BCUT2D eigenvalue weighted by Crippen LogP contribution is -2.14. The van der Waals surface area contributed by atoms with Crippen molar-refractivity contribution in [3.05, 3.63) is 119 Å². The first-order valence-electron chi connectivity index (χ1n) is 9.95. The predicted molar refractivity (Wildman–Crippen MR) is 123 cm³/mol. The maximum atomic E-state index is 12.8. The summed E-state index contributed by atoms with van der Waals surface area (Å²) in [7, 11) is 0. The molecule has 1 heterocycles. The Morgan fingerprint density at radius 3 is 2.44 bits per heavy atom. The lowest BCUT2D eigenvalue weighted by Gasteiger charge is -2.13. The number of halogens is 1. The summed E-state index contributed by atoms with van der Waals surface area (Å²) in [5.41, 5.74) is 2.66. The number of nitrogens with zero attached hydrogens (tertiary/aromatic N) is 1. The summed E-state index contributed by atoms with van der Waals surface area (Å²) in [6.07, 6.45) is 1.45. The third-order valence-corrected chi connectivity index (χ3v) is 5.25. The van der Waals surface area contributed by atoms with Gasteiger partial charge in [0.2, 0.25) is 0 Å². The Hall–Kier alpha value is -4.01. The second kappa shape index (κ2) is 9.86. The fourth-order valence-electron chi connectivity index (χ4n) is 3.32. The minimum atomic E-state index is -0.500. The van der Waals surface area contributed by atoms with E-state index in [1.165, 1.54) is 6.26 Å². The third kappa shape index (κ3) is 4.83. The average Bonchev–Trinajstić information content (AvgIpc) is 3.30. The summed E-state index contributed by atoms with van der Waals surface area (Å²) in [5.74, 6) is -0.0427. The van der Waals surface area contributed by atoms with Crippen molar-refractivity contribution in [2.45, 2.75) is 12.5 Å². The molecule has 0 fully saturated rings. The van der Waals surface area contributed by atoms with Gasteiger partial charge in [-0.15, -0.1) is 0 Å². The fourth-order valence-corrected chi connectivity index (χ4v) is 3.61. The maximum Gasteiger partial charge on any atom is 0.291 e. The highest BCUT2D eigenvalue weighted by atomic mass is 35.5. The van der Waals surface area contributed by atoms with Crippen molar-refractivity contribution >= 4 is 23.2 Å². The highest BCUT2D eigenvalue weighted by molar-refractivity contribution is 6.31. The normalized spacial score (nSPS) is 11.4. The molecule has 1 N–H and O–H groups in total. The van der Waals surface area contributed by atoms with Crippen LogP contribution in [0, 0.1) is 11.3 Å². The molecular weight excluding hydrogens is 424 g/mol. The van der Waals surface area contributed by atoms with E-state index in [4.69, 9.17) is 20.8 Å². The number of rotatable bonds is 7. The first-order chi connectivity index (χ1) is 15.7. The molecule has 0 spiro atoms. The summed E-state index contributed by atoms with van der Waals surface area (Å²) in [6.45, 7) is 0.198. The number of nitriles is 1. The van der Waals surface area contributed by atoms with Gasteiger partial charge in [0.25, 0.3) is 5.91 Å². The smallest absolute Gasteiger partial charge is 0.291 e. The van der Waals surface area contributed by atoms with Crippen LogP contribution in [0.5, 0.6) is 5.75 Å². The zero-order chi connectivity index (χ0) is 22.3. The molecule has 0 aliphatic heterocycles. The van der Waals surface area contributed by atoms with Crippen molar-refractivity contribution in [2.75, 3.05) is 5.32 Å². The number of ether oxygens (including phenoxy) is 1. The summed E-state index contributed by atoms with van der Waals surface area (Å²) >= 11 is 6.46. The summed E-state index contributed by atoms with van der Waals surface area (Å²) < 4.78 is 11.1. The van der Waals surface area contributed by atoms with Crippen LogP contribution in [0.15, 0.2) is 95.6 Å². The molecule has 0 radical (unpaired) electrons. The molecule has 32 heavy (non-hydrogen) atoms. The molecule has 1 aromatic heterocycles. The van der Waals surface area contributed by atoms with E-state index in [1.807, 2.05) is 60.7 Å². The number of hydrogen-bond acceptors (Lipinski definition) is 4. The number of amides is 1. The second-order valence-electron chi connectivity index (χ2n) is 7.04. The minimum Gasteiger partial charge on any atom is -0.489 e. The molecule has 0 aliphatic carbocycles. The molecule has 0 bridgehead atoms. The fraction of sp³-hybridized carbons (Fsp3) is 0.0769. The number of furan rings is 1. The zero-order valence-corrected chi connectivity index (χ0v) is 17.8. The first kappa shape index (κ1) is 21.2. The van der Waals surface area contributed by atoms with Crippen molar-refractivity contribution in [1.29, 1.82) is 5.26 Å². The molecular formula is C26H19ClN2O3. The molecule has 1 amide bonds. The van der Waals surface area contributed by atoms with E-state index < -0.39 is 11.8 Å². The van der Waals surface area contributed by atoms with Gasteiger partial charge in [0.15, 0.2) is 5.76 Å². The van der Waals surface area contributed by atoms with Crippen LogP contribution < -0.4 is 10.1 Å². The Kier molecular flexibility index (Phi) is 6.54. The summed E-state index contributed by atoms with van der Waals surface area (Å²) in [4.78, 5) is 12.8. The van der Waals surface area contributed by atoms with Gasteiger partial charge in [-0.25, -0.2) is 0 Å². The van der Waals surface area contributed by atoms with Gasteiger partial charge in [-0.3, -0.25) is 4.79 Å². The molecule has 6 heteroatoms. The zero-order valence-electron chi connectivity index (χ0n) is 17.0. The Labute approximate surface area is 190 Å². The molecule has 0 saturated heterocycles. The van der Waals surface area contributed by atoms with Crippen LogP contribution in [0.25, 0.3) is 0 Å². The number of benzene rings is 3. The van der Waals surface area contributed by atoms with Crippen LogP contribution in [0.4, 0.5) is 5.69 Å². The summed E-state index contributed by atoms with van der Waals surface area (Å²) in [5, 5.41) is 12.8. The number of carbonyl (C=O) groups excluding carboxylic acids is 1. The van der Waals surface area contributed by atoms with E-state index >= 15 is 0 Å². The molecule has 1 atom stereocenters. The van der Waals surface area contributed by atoms with E-state index in [0.717, 1.165) is 5.56 Å². The van der Waals surface area contributed by atoms with Gasteiger partial charge in [-0.05, 0) is 41.5 Å². The Morgan fingerprint density at radius 1 is 1.03 bits per heavy atom. The number of nitrogens with one attached hydrogen (secondary N) is 1. The number of anilines is 1. The molecule has 0 aliphatic rings. The van der Waals surface area contributed by atoms with Gasteiger partial charge in [0.05, 0.1) is 18.3 Å². The van der Waals surface area contributed by atoms with Gasteiger partial charge < -0.3 is 14.5 Å². The highest BCUT2D eigenvalue weighted by Crippen LogP contribution is 2.32. The topological polar surface area (TPSA) is 75.3 Å². The monoisotopic (exact) mass is 442 g/mol. The SMILES string of the molecule is N#CC(c1ccccc1)c1ccc(NC(=O)c2occc2COc2ccccc2)cc1Cl. The maximum absolute atomic E-state index is 12.8. The van der Waals surface area contributed by atoms with E-state index in [2.05, 4.69) is 11.4 Å². The predicted octanol–water partition coefficient (Wildman–Crippen LogP) is 6.42. The van der Waals surface area contributed by atoms with Crippen LogP contribution in [0.2, 0.25) is 5.02 Å². The van der Waals surface area contributed by atoms with Gasteiger partial charge in [-0.2, -0.15) is 5.26 Å². The highest BCUT2D eigenvalue weighted by Gasteiger charge is 2.19. The van der Waals surface area contributed by atoms with Gasteiger partial charge in [0.1, 0.15) is 12.4 Å². The molecule has 3 aromatic carbocycles. The van der Waals surface area contributed by atoms with Crippen molar-refractivity contribution in [3.63, 3.8) is 0 Å². The van der Waals surface area contributed by atoms with Crippen molar-refractivity contribution in [1.82, 2.24) is 0 Å². The number of para-hydroxylation sites is 1.